The molecule has 1 fully saturated rings. The summed E-state index contributed by atoms with van der Waals surface area (Å²) in [6.45, 7) is 1.33. The maximum absolute atomic E-state index is 13.0. The van der Waals surface area contributed by atoms with E-state index >= 15 is 0 Å². The number of hydrogen-bond donors (Lipinski definition) is 0. The minimum atomic E-state index is -0.592. The molecule has 0 atom stereocenters. The molecular weight excluding hydrogens is 211 g/mol. The van der Waals surface area contributed by atoms with E-state index in [1.165, 1.54) is 11.0 Å². The van der Waals surface area contributed by atoms with Crippen LogP contribution in [0.15, 0.2) is 18.2 Å². The van der Waals surface area contributed by atoms with Crippen LogP contribution in [0.25, 0.3) is 0 Å². The lowest BCUT2D eigenvalue weighted by molar-refractivity contribution is 0.125. The Labute approximate surface area is 91.8 Å². The predicted octanol–water partition coefficient (Wildman–Crippen LogP) is 1.90. The van der Waals surface area contributed by atoms with Gasteiger partial charge >= 0.3 is 6.09 Å². The Bertz CT molecular complexity index is 464. The van der Waals surface area contributed by atoms with E-state index in [4.69, 9.17) is 10.00 Å². The molecule has 16 heavy (non-hydrogen) atoms. The second kappa shape index (κ2) is 4.19. The number of hydrogen-bond acceptors (Lipinski definition) is 3. The van der Waals surface area contributed by atoms with E-state index < -0.39 is 11.9 Å². The zero-order valence-corrected chi connectivity index (χ0v) is 8.44. The quantitative estimate of drug-likeness (QED) is 0.726. The smallest absolute Gasteiger partial charge is 0.410 e. The van der Waals surface area contributed by atoms with Gasteiger partial charge in [-0.2, -0.15) is 5.26 Å². The zero-order valence-electron chi connectivity index (χ0n) is 8.44. The molecule has 0 bridgehead atoms. The van der Waals surface area contributed by atoms with Crippen LogP contribution >= 0.6 is 0 Å². The molecule has 1 aromatic rings. The van der Waals surface area contributed by atoms with Crippen LogP contribution in [-0.4, -0.2) is 24.1 Å². The van der Waals surface area contributed by atoms with Crippen LogP contribution in [0.5, 0.6) is 5.75 Å². The standard InChI is InChI=1S/C11H9FN2O2/c12-9-4-8(7-13)5-10(6-9)16-11(15)14-2-1-3-14/h4-6H,1-3H2. The lowest BCUT2D eigenvalue weighted by atomic mass is 10.2. The molecule has 4 nitrogen and oxygen atoms in total. The van der Waals surface area contributed by atoms with E-state index in [1.807, 2.05) is 0 Å². The van der Waals surface area contributed by atoms with E-state index in [0.29, 0.717) is 13.1 Å². The second-order valence-corrected chi connectivity index (χ2v) is 3.50. The molecule has 82 valence electrons. The molecule has 0 aromatic heterocycles. The largest absolute Gasteiger partial charge is 0.415 e. The lowest BCUT2D eigenvalue weighted by Gasteiger charge is -2.29. The van der Waals surface area contributed by atoms with E-state index in [0.717, 1.165) is 18.6 Å². The van der Waals surface area contributed by atoms with E-state index in [9.17, 15) is 9.18 Å². The Morgan fingerprint density at radius 3 is 2.75 bits per heavy atom. The van der Waals surface area contributed by atoms with Crippen LogP contribution in [-0.2, 0) is 0 Å². The summed E-state index contributed by atoms with van der Waals surface area (Å²) < 4.78 is 17.9. The molecule has 1 heterocycles. The van der Waals surface area contributed by atoms with Gasteiger partial charge in [-0.05, 0) is 18.6 Å². The van der Waals surface area contributed by atoms with Crippen molar-refractivity contribution >= 4 is 6.09 Å². The van der Waals surface area contributed by atoms with Crippen LogP contribution in [0.4, 0.5) is 9.18 Å². The summed E-state index contributed by atoms with van der Waals surface area (Å²) in [5, 5.41) is 8.62. The van der Waals surface area contributed by atoms with Crippen molar-refractivity contribution in [1.82, 2.24) is 4.90 Å². The topological polar surface area (TPSA) is 53.3 Å². The van der Waals surface area contributed by atoms with Crippen LogP contribution in [0.1, 0.15) is 12.0 Å². The number of carbonyl (C=O) groups excluding carboxylic acids is 1. The van der Waals surface area contributed by atoms with Gasteiger partial charge < -0.3 is 9.64 Å². The van der Waals surface area contributed by atoms with Gasteiger partial charge in [-0.25, -0.2) is 9.18 Å². The van der Waals surface area contributed by atoms with Gasteiger partial charge in [0.2, 0.25) is 0 Å². The zero-order chi connectivity index (χ0) is 11.5. The average molecular weight is 220 g/mol. The van der Waals surface area contributed by atoms with Gasteiger partial charge in [0.1, 0.15) is 11.6 Å². The maximum Gasteiger partial charge on any atom is 0.415 e. The fourth-order valence-corrected chi connectivity index (χ4v) is 1.35. The Morgan fingerprint density at radius 2 is 2.19 bits per heavy atom. The van der Waals surface area contributed by atoms with Crippen molar-refractivity contribution in [2.24, 2.45) is 0 Å². The van der Waals surface area contributed by atoms with Gasteiger partial charge in [0.25, 0.3) is 0 Å². The molecule has 0 radical (unpaired) electrons. The lowest BCUT2D eigenvalue weighted by Crippen LogP contribution is -2.43. The van der Waals surface area contributed by atoms with Crippen molar-refractivity contribution in [3.05, 3.63) is 29.6 Å². The third kappa shape index (κ3) is 2.11. The molecule has 1 saturated heterocycles. The van der Waals surface area contributed by atoms with Gasteiger partial charge in [-0.3, -0.25) is 0 Å². The highest BCUT2D eigenvalue weighted by atomic mass is 19.1. The molecular formula is C11H9FN2O2. The van der Waals surface area contributed by atoms with E-state index in [1.54, 1.807) is 6.07 Å². The number of benzene rings is 1. The van der Waals surface area contributed by atoms with Gasteiger partial charge in [-0.15, -0.1) is 0 Å². The molecule has 0 saturated carbocycles. The molecule has 0 unspecified atom stereocenters. The van der Waals surface area contributed by atoms with Crippen molar-refractivity contribution in [2.75, 3.05) is 13.1 Å². The number of likely N-dealkylation sites (tertiary alicyclic amines) is 1. The Morgan fingerprint density at radius 1 is 1.44 bits per heavy atom. The predicted molar refractivity (Wildman–Crippen MR) is 53.3 cm³/mol. The van der Waals surface area contributed by atoms with Crippen molar-refractivity contribution in [3.8, 4) is 11.8 Å². The van der Waals surface area contributed by atoms with E-state index in [-0.39, 0.29) is 11.3 Å². The van der Waals surface area contributed by atoms with Crippen LogP contribution in [0.3, 0.4) is 0 Å². The summed E-state index contributed by atoms with van der Waals surface area (Å²) in [6, 6.07) is 5.29. The van der Waals surface area contributed by atoms with Gasteiger partial charge in [-0.1, -0.05) is 0 Å². The number of nitrogens with zero attached hydrogens (tertiary/aromatic N) is 2. The third-order valence-electron chi connectivity index (χ3n) is 2.32. The molecule has 5 heteroatoms. The molecule has 0 spiro atoms. The maximum atomic E-state index is 13.0. The van der Waals surface area contributed by atoms with Crippen LogP contribution in [0.2, 0.25) is 0 Å². The fraction of sp³-hybridized carbons (Fsp3) is 0.273. The first-order chi connectivity index (χ1) is 7.69. The SMILES string of the molecule is N#Cc1cc(F)cc(OC(=O)N2CCC2)c1. The Balaban J connectivity index is 2.11. The number of carbonyl (C=O) groups is 1. The number of halogens is 1. The average Bonchev–Trinajstić information content (AvgIpc) is 2.13. The highest BCUT2D eigenvalue weighted by Crippen LogP contribution is 2.18. The highest BCUT2D eigenvalue weighted by molar-refractivity contribution is 5.71. The summed E-state index contributed by atoms with van der Waals surface area (Å²) in [6.07, 6.45) is 0.461. The first-order valence-corrected chi connectivity index (χ1v) is 4.86. The Hall–Kier alpha value is -2.09. The van der Waals surface area contributed by atoms with E-state index in [2.05, 4.69) is 0 Å². The van der Waals surface area contributed by atoms with Gasteiger partial charge in [0.05, 0.1) is 11.6 Å². The summed E-state index contributed by atoms with van der Waals surface area (Å²) >= 11 is 0. The minimum Gasteiger partial charge on any atom is -0.410 e. The normalized spacial score (nSPS) is 13.9. The molecule has 0 aliphatic carbocycles. The summed E-state index contributed by atoms with van der Waals surface area (Å²) in [5.74, 6) is -0.529. The third-order valence-corrected chi connectivity index (χ3v) is 2.32. The van der Waals surface area contributed by atoms with Gasteiger partial charge in [0.15, 0.2) is 0 Å². The molecule has 2 rings (SSSR count). The monoisotopic (exact) mass is 220 g/mol. The molecule has 1 aliphatic rings. The fourth-order valence-electron chi connectivity index (χ4n) is 1.35. The first-order valence-electron chi connectivity index (χ1n) is 4.86. The minimum absolute atomic E-state index is 0.0634. The van der Waals surface area contributed by atoms with Gasteiger partial charge in [0, 0.05) is 19.2 Å². The highest BCUT2D eigenvalue weighted by Gasteiger charge is 2.22. The molecule has 1 amide bonds. The number of rotatable bonds is 1. The van der Waals surface area contributed by atoms with Crippen molar-refractivity contribution in [3.63, 3.8) is 0 Å². The Kier molecular flexibility index (Phi) is 2.73. The number of nitriles is 1. The summed E-state index contributed by atoms with van der Waals surface area (Å²) in [5.41, 5.74) is 0.131. The second-order valence-electron chi connectivity index (χ2n) is 3.50. The molecule has 0 N–H and O–H groups in total. The first kappa shape index (κ1) is 10.4. The summed E-state index contributed by atoms with van der Waals surface area (Å²) in [7, 11) is 0. The van der Waals surface area contributed by atoms with Crippen molar-refractivity contribution in [2.45, 2.75) is 6.42 Å². The van der Waals surface area contributed by atoms with Crippen LogP contribution < -0.4 is 4.74 Å². The van der Waals surface area contributed by atoms with Crippen molar-refractivity contribution in [1.29, 1.82) is 5.26 Å². The van der Waals surface area contributed by atoms with Crippen molar-refractivity contribution < 1.29 is 13.9 Å². The number of ether oxygens (including phenoxy) is 1. The number of amides is 1. The van der Waals surface area contributed by atoms with Crippen LogP contribution in [0, 0.1) is 17.1 Å². The summed E-state index contributed by atoms with van der Waals surface area (Å²) in [4.78, 5) is 12.9. The molecule has 1 aromatic carbocycles. The molecule has 1 aliphatic heterocycles.